The molecule has 0 aromatic carbocycles. The van der Waals surface area contributed by atoms with Gasteiger partial charge in [-0.05, 0) is 44.2 Å². The first-order chi connectivity index (χ1) is 8.27. The maximum absolute atomic E-state index is 12.1. The van der Waals surface area contributed by atoms with Crippen molar-refractivity contribution in [2.75, 3.05) is 32.8 Å². The number of piperidine rings is 1. The van der Waals surface area contributed by atoms with Gasteiger partial charge in [-0.15, -0.1) is 0 Å². The van der Waals surface area contributed by atoms with Crippen LogP contribution in [-0.4, -0.2) is 38.8 Å². The summed E-state index contributed by atoms with van der Waals surface area (Å²) in [6.45, 7) is 6.63. The molecule has 98 valence electrons. The van der Waals surface area contributed by atoms with Gasteiger partial charge >= 0.3 is 0 Å². The normalized spacial score (nSPS) is 31.1. The second kappa shape index (κ2) is 6.36. The Labute approximate surface area is 103 Å². The lowest BCUT2D eigenvalue weighted by Crippen LogP contribution is -2.44. The van der Waals surface area contributed by atoms with Crippen LogP contribution < -0.4 is 10.6 Å². The number of hydrogen-bond donors (Lipinski definition) is 2. The van der Waals surface area contributed by atoms with Gasteiger partial charge in [-0.3, -0.25) is 4.79 Å². The van der Waals surface area contributed by atoms with Gasteiger partial charge in [-0.1, -0.05) is 6.92 Å². The maximum Gasteiger partial charge on any atom is 0.223 e. The van der Waals surface area contributed by atoms with Crippen molar-refractivity contribution in [3.8, 4) is 0 Å². The van der Waals surface area contributed by atoms with E-state index in [1.54, 1.807) is 0 Å². The number of rotatable bonds is 3. The number of carbonyl (C=O) groups is 1. The molecule has 17 heavy (non-hydrogen) atoms. The van der Waals surface area contributed by atoms with Crippen LogP contribution in [0.25, 0.3) is 0 Å². The average molecular weight is 240 g/mol. The first-order valence-corrected chi connectivity index (χ1v) is 6.83. The van der Waals surface area contributed by atoms with E-state index in [0.717, 1.165) is 52.1 Å². The van der Waals surface area contributed by atoms with Crippen molar-refractivity contribution >= 4 is 5.91 Å². The van der Waals surface area contributed by atoms with Crippen molar-refractivity contribution in [3.05, 3.63) is 0 Å². The SMILES string of the molecule is CC1CNCCC1C(=O)NCC1CCOCC1. The molecule has 0 spiro atoms. The number of carbonyl (C=O) groups excluding carboxylic acids is 1. The summed E-state index contributed by atoms with van der Waals surface area (Å²) >= 11 is 0. The first kappa shape index (κ1) is 12.8. The minimum absolute atomic E-state index is 0.205. The van der Waals surface area contributed by atoms with Crippen LogP contribution in [0.5, 0.6) is 0 Å². The smallest absolute Gasteiger partial charge is 0.223 e. The average Bonchev–Trinajstić information content (AvgIpc) is 2.38. The zero-order valence-corrected chi connectivity index (χ0v) is 10.7. The predicted molar refractivity (Wildman–Crippen MR) is 66.7 cm³/mol. The van der Waals surface area contributed by atoms with E-state index in [4.69, 9.17) is 4.74 Å². The zero-order chi connectivity index (χ0) is 12.1. The molecule has 2 unspecified atom stereocenters. The summed E-state index contributed by atoms with van der Waals surface area (Å²) in [4.78, 5) is 12.1. The summed E-state index contributed by atoms with van der Waals surface area (Å²) < 4.78 is 5.32. The highest BCUT2D eigenvalue weighted by Crippen LogP contribution is 2.19. The molecular weight excluding hydrogens is 216 g/mol. The van der Waals surface area contributed by atoms with Gasteiger partial charge in [0, 0.05) is 25.7 Å². The van der Waals surface area contributed by atoms with Gasteiger partial charge in [0.25, 0.3) is 0 Å². The maximum atomic E-state index is 12.1. The molecule has 0 aliphatic carbocycles. The Morgan fingerprint density at radius 3 is 2.82 bits per heavy atom. The molecular formula is C13H24N2O2. The Morgan fingerprint density at radius 1 is 1.35 bits per heavy atom. The fourth-order valence-electron chi connectivity index (χ4n) is 2.73. The fraction of sp³-hybridized carbons (Fsp3) is 0.923. The summed E-state index contributed by atoms with van der Waals surface area (Å²) in [5.41, 5.74) is 0. The molecule has 2 rings (SSSR count). The van der Waals surface area contributed by atoms with Crippen LogP contribution in [0.1, 0.15) is 26.2 Å². The Hall–Kier alpha value is -0.610. The van der Waals surface area contributed by atoms with Crippen LogP contribution in [0.2, 0.25) is 0 Å². The second-order valence-electron chi connectivity index (χ2n) is 5.38. The van der Waals surface area contributed by atoms with Crippen molar-refractivity contribution in [1.82, 2.24) is 10.6 Å². The van der Waals surface area contributed by atoms with Gasteiger partial charge in [0.05, 0.1) is 0 Å². The minimum atomic E-state index is 0.205. The monoisotopic (exact) mass is 240 g/mol. The van der Waals surface area contributed by atoms with Crippen molar-refractivity contribution < 1.29 is 9.53 Å². The third-order valence-electron chi connectivity index (χ3n) is 4.03. The fourth-order valence-corrected chi connectivity index (χ4v) is 2.73. The van der Waals surface area contributed by atoms with Gasteiger partial charge in [-0.25, -0.2) is 0 Å². The van der Waals surface area contributed by atoms with Crippen molar-refractivity contribution in [2.45, 2.75) is 26.2 Å². The molecule has 2 N–H and O–H groups in total. The van der Waals surface area contributed by atoms with E-state index in [1.165, 1.54) is 0 Å². The standard InChI is InChI=1S/C13H24N2O2/c1-10-8-14-5-2-12(10)13(16)15-9-11-3-6-17-7-4-11/h10-12,14H,2-9H2,1H3,(H,15,16). The molecule has 0 aromatic rings. The summed E-state index contributed by atoms with van der Waals surface area (Å²) in [6.07, 6.45) is 3.14. The molecule has 0 bridgehead atoms. The van der Waals surface area contributed by atoms with E-state index in [-0.39, 0.29) is 11.8 Å². The number of amides is 1. The topological polar surface area (TPSA) is 50.4 Å². The molecule has 2 fully saturated rings. The van der Waals surface area contributed by atoms with Gasteiger partial charge in [0.15, 0.2) is 0 Å². The summed E-state index contributed by atoms with van der Waals surface area (Å²) in [5.74, 6) is 1.53. The van der Waals surface area contributed by atoms with E-state index in [0.29, 0.717) is 11.8 Å². The third-order valence-corrected chi connectivity index (χ3v) is 4.03. The van der Waals surface area contributed by atoms with E-state index >= 15 is 0 Å². The van der Waals surface area contributed by atoms with Crippen molar-refractivity contribution in [3.63, 3.8) is 0 Å². The Balaban J connectivity index is 1.72. The van der Waals surface area contributed by atoms with E-state index in [1.807, 2.05) is 0 Å². The zero-order valence-electron chi connectivity index (χ0n) is 10.7. The van der Waals surface area contributed by atoms with Gasteiger partial charge in [0.2, 0.25) is 5.91 Å². The lowest BCUT2D eigenvalue weighted by Gasteiger charge is -2.29. The molecule has 4 heteroatoms. The highest BCUT2D eigenvalue weighted by atomic mass is 16.5. The van der Waals surface area contributed by atoms with Gasteiger partial charge in [0.1, 0.15) is 0 Å². The first-order valence-electron chi connectivity index (χ1n) is 6.83. The largest absolute Gasteiger partial charge is 0.381 e. The van der Waals surface area contributed by atoms with Crippen molar-refractivity contribution in [2.24, 2.45) is 17.8 Å². The lowest BCUT2D eigenvalue weighted by molar-refractivity contribution is -0.127. The molecule has 2 heterocycles. The van der Waals surface area contributed by atoms with E-state index in [9.17, 15) is 4.79 Å². The molecule has 2 saturated heterocycles. The van der Waals surface area contributed by atoms with E-state index in [2.05, 4.69) is 17.6 Å². The second-order valence-corrected chi connectivity index (χ2v) is 5.38. The summed E-state index contributed by atoms with van der Waals surface area (Å²) in [7, 11) is 0. The number of ether oxygens (including phenoxy) is 1. The number of hydrogen-bond acceptors (Lipinski definition) is 3. The molecule has 0 radical (unpaired) electrons. The van der Waals surface area contributed by atoms with Crippen LogP contribution >= 0.6 is 0 Å². The van der Waals surface area contributed by atoms with Crippen LogP contribution in [0.4, 0.5) is 0 Å². The lowest BCUT2D eigenvalue weighted by atomic mass is 9.87. The molecule has 2 aliphatic heterocycles. The van der Waals surface area contributed by atoms with Crippen LogP contribution in [0, 0.1) is 17.8 Å². The molecule has 4 nitrogen and oxygen atoms in total. The minimum Gasteiger partial charge on any atom is -0.381 e. The molecule has 1 amide bonds. The van der Waals surface area contributed by atoms with E-state index < -0.39 is 0 Å². The van der Waals surface area contributed by atoms with Crippen LogP contribution in [0.3, 0.4) is 0 Å². The molecule has 0 saturated carbocycles. The Bertz CT molecular complexity index is 252. The molecule has 2 atom stereocenters. The van der Waals surface area contributed by atoms with Gasteiger partial charge < -0.3 is 15.4 Å². The number of nitrogens with one attached hydrogen (secondary N) is 2. The Morgan fingerprint density at radius 2 is 2.12 bits per heavy atom. The molecule has 2 aliphatic rings. The van der Waals surface area contributed by atoms with Crippen LogP contribution in [0.15, 0.2) is 0 Å². The highest BCUT2D eigenvalue weighted by Gasteiger charge is 2.27. The third kappa shape index (κ3) is 3.68. The molecule has 0 aromatic heterocycles. The highest BCUT2D eigenvalue weighted by molar-refractivity contribution is 5.79. The summed E-state index contributed by atoms with van der Waals surface area (Å²) in [5, 5.41) is 6.46. The summed E-state index contributed by atoms with van der Waals surface area (Å²) in [6, 6.07) is 0. The quantitative estimate of drug-likeness (QED) is 0.766. The van der Waals surface area contributed by atoms with Gasteiger partial charge in [-0.2, -0.15) is 0 Å². The predicted octanol–water partition coefficient (Wildman–Crippen LogP) is 0.775. The van der Waals surface area contributed by atoms with Crippen molar-refractivity contribution in [1.29, 1.82) is 0 Å². The van der Waals surface area contributed by atoms with Crippen LogP contribution in [-0.2, 0) is 9.53 Å². The Kier molecular flexibility index (Phi) is 4.80.